The van der Waals surface area contributed by atoms with Crippen LogP contribution in [0.1, 0.15) is 25.3 Å². The minimum absolute atomic E-state index is 0.110. The molecule has 1 aromatic rings. The number of benzene rings is 1. The maximum Gasteiger partial charge on any atom is 0.191 e. The fraction of sp³-hybridized carbons (Fsp3) is 0.588. The van der Waals surface area contributed by atoms with Gasteiger partial charge in [-0.25, -0.2) is 0 Å². The van der Waals surface area contributed by atoms with Gasteiger partial charge in [-0.2, -0.15) is 0 Å². The first-order valence-electron chi connectivity index (χ1n) is 8.00. The highest BCUT2D eigenvalue weighted by Crippen LogP contribution is 2.33. The molecule has 1 aliphatic heterocycles. The Morgan fingerprint density at radius 3 is 2.58 bits per heavy atom. The molecule has 0 aliphatic carbocycles. The van der Waals surface area contributed by atoms with Gasteiger partial charge < -0.3 is 24.8 Å². The Kier molecular flexibility index (Phi) is 6.74. The van der Waals surface area contributed by atoms with E-state index in [2.05, 4.69) is 38.5 Å². The summed E-state index contributed by atoms with van der Waals surface area (Å²) in [5.41, 5.74) is 0.945. The second-order valence-electron chi connectivity index (χ2n) is 5.98. The van der Waals surface area contributed by atoms with Crippen LogP contribution in [0, 0.1) is 0 Å². The number of aliphatic imine (C=N–C) groups is 1. The van der Waals surface area contributed by atoms with Crippen molar-refractivity contribution < 1.29 is 14.2 Å². The van der Waals surface area contributed by atoms with Gasteiger partial charge in [0.15, 0.2) is 17.5 Å². The molecule has 0 spiro atoms. The molecule has 0 radical (unpaired) electrons. The third kappa shape index (κ3) is 4.77. The van der Waals surface area contributed by atoms with Gasteiger partial charge in [-0.1, -0.05) is 15.9 Å². The van der Waals surface area contributed by atoms with Gasteiger partial charge in [0.25, 0.3) is 0 Å². The maximum absolute atomic E-state index is 5.79. The Hall–Kier alpha value is -1.47. The minimum Gasteiger partial charge on any atom is -0.493 e. The van der Waals surface area contributed by atoms with Crippen LogP contribution < -0.4 is 20.1 Å². The molecule has 1 heterocycles. The van der Waals surface area contributed by atoms with Gasteiger partial charge in [0.1, 0.15) is 0 Å². The summed E-state index contributed by atoms with van der Waals surface area (Å²) in [6, 6.07) is 3.85. The van der Waals surface area contributed by atoms with E-state index < -0.39 is 0 Å². The Labute approximate surface area is 152 Å². The van der Waals surface area contributed by atoms with E-state index in [0.29, 0.717) is 18.0 Å². The molecule has 2 rings (SSSR count). The summed E-state index contributed by atoms with van der Waals surface area (Å²) < 4.78 is 17.4. The zero-order valence-electron chi connectivity index (χ0n) is 14.7. The van der Waals surface area contributed by atoms with Crippen LogP contribution in [0.3, 0.4) is 0 Å². The summed E-state index contributed by atoms with van der Waals surface area (Å²) in [7, 11) is 5.02. The van der Waals surface area contributed by atoms with Crippen molar-refractivity contribution in [3.8, 4) is 11.5 Å². The molecule has 24 heavy (non-hydrogen) atoms. The minimum atomic E-state index is -0.110. The molecule has 1 unspecified atom stereocenters. The van der Waals surface area contributed by atoms with Gasteiger partial charge >= 0.3 is 0 Å². The van der Waals surface area contributed by atoms with Gasteiger partial charge in [-0.05, 0) is 37.5 Å². The van der Waals surface area contributed by atoms with Crippen molar-refractivity contribution in [2.24, 2.45) is 4.99 Å². The second-order valence-corrected chi connectivity index (χ2v) is 6.83. The summed E-state index contributed by atoms with van der Waals surface area (Å²) in [5.74, 6) is 2.14. The number of nitrogens with one attached hydrogen (secondary N) is 2. The Morgan fingerprint density at radius 2 is 2.00 bits per heavy atom. The monoisotopic (exact) mass is 399 g/mol. The number of rotatable bonds is 6. The van der Waals surface area contributed by atoms with Gasteiger partial charge in [-0.15, -0.1) is 0 Å². The van der Waals surface area contributed by atoms with Crippen LogP contribution in [0.4, 0.5) is 0 Å². The highest BCUT2D eigenvalue weighted by Gasteiger charge is 2.29. The number of nitrogens with zero attached hydrogens (tertiary/aromatic N) is 1. The molecule has 1 fully saturated rings. The molecule has 1 saturated heterocycles. The molecule has 0 amide bonds. The van der Waals surface area contributed by atoms with Crippen molar-refractivity contribution in [1.29, 1.82) is 0 Å². The van der Waals surface area contributed by atoms with Crippen molar-refractivity contribution >= 4 is 21.9 Å². The van der Waals surface area contributed by atoms with E-state index in [1.807, 2.05) is 12.1 Å². The molecule has 1 atom stereocenters. The summed E-state index contributed by atoms with van der Waals surface area (Å²) in [5, 5.41) is 6.65. The van der Waals surface area contributed by atoms with Crippen LogP contribution in [0.15, 0.2) is 21.6 Å². The number of ether oxygens (including phenoxy) is 3. The van der Waals surface area contributed by atoms with E-state index in [1.165, 1.54) is 0 Å². The molecule has 6 nitrogen and oxygen atoms in total. The topological polar surface area (TPSA) is 64.1 Å². The second kappa shape index (κ2) is 8.58. The highest BCUT2D eigenvalue weighted by molar-refractivity contribution is 9.10. The first-order valence-corrected chi connectivity index (χ1v) is 8.79. The molecular weight excluding hydrogens is 374 g/mol. The maximum atomic E-state index is 5.79. The number of hydrogen-bond acceptors (Lipinski definition) is 4. The van der Waals surface area contributed by atoms with Gasteiger partial charge in [0.2, 0.25) is 0 Å². The lowest BCUT2D eigenvalue weighted by Crippen LogP contribution is -2.45. The highest BCUT2D eigenvalue weighted by atomic mass is 79.9. The molecule has 0 aromatic heterocycles. The summed E-state index contributed by atoms with van der Waals surface area (Å²) in [6.07, 6.45) is 2.18. The van der Waals surface area contributed by atoms with Gasteiger partial charge in [0.05, 0.1) is 19.8 Å². The SMILES string of the molecule is CN=C(NCc1cc(OC)c(OC)cc1Br)NCC1(C)CCCO1. The Balaban J connectivity index is 1.95. The van der Waals surface area contributed by atoms with Crippen LogP contribution in [-0.4, -0.2) is 46.0 Å². The van der Waals surface area contributed by atoms with Crippen molar-refractivity contribution in [2.75, 3.05) is 34.4 Å². The van der Waals surface area contributed by atoms with E-state index in [4.69, 9.17) is 14.2 Å². The number of guanidine groups is 1. The fourth-order valence-corrected chi connectivity index (χ4v) is 3.14. The lowest BCUT2D eigenvalue weighted by atomic mass is 10.0. The third-order valence-electron chi connectivity index (χ3n) is 4.15. The van der Waals surface area contributed by atoms with E-state index in [9.17, 15) is 0 Å². The van der Waals surface area contributed by atoms with Crippen LogP contribution in [-0.2, 0) is 11.3 Å². The molecule has 1 aliphatic rings. The van der Waals surface area contributed by atoms with Gasteiger partial charge in [-0.3, -0.25) is 4.99 Å². The van der Waals surface area contributed by atoms with Crippen molar-refractivity contribution in [1.82, 2.24) is 10.6 Å². The Morgan fingerprint density at radius 1 is 1.29 bits per heavy atom. The van der Waals surface area contributed by atoms with E-state index in [-0.39, 0.29) is 5.60 Å². The predicted molar refractivity (Wildman–Crippen MR) is 99.0 cm³/mol. The molecule has 0 bridgehead atoms. The lowest BCUT2D eigenvalue weighted by molar-refractivity contribution is 0.0243. The van der Waals surface area contributed by atoms with Crippen LogP contribution >= 0.6 is 15.9 Å². The molecule has 134 valence electrons. The van der Waals surface area contributed by atoms with Crippen molar-refractivity contribution in [3.05, 3.63) is 22.2 Å². The number of halogens is 1. The molecular formula is C17H26BrN3O3. The smallest absolute Gasteiger partial charge is 0.191 e. The summed E-state index contributed by atoms with van der Waals surface area (Å²) >= 11 is 3.57. The fourth-order valence-electron chi connectivity index (χ4n) is 2.68. The zero-order valence-corrected chi connectivity index (χ0v) is 16.3. The third-order valence-corrected chi connectivity index (χ3v) is 4.89. The molecule has 2 N–H and O–H groups in total. The van der Waals surface area contributed by atoms with E-state index in [1.54, 1.807) is 21.3 Å². The van der Waals surface area contributed by atoms with Crippen LogP contribution in [0.5, 0.6) is 11.5 Å². The first-order chi connectivity index (χ1) is 11.5. The normalized spacial score (nSPS) is 20.8. The number of hydrogen-bond donors (Lipinski definition) is 2. The molecule has 1 aromatic carbocycles. The number of methoxy groups -OCH3 is 2. The summed E-state index contributed by atoms with van der Waals surface area (Å²) in [6.45, 7) is 4.31. The zero-order chi connectivity index (χ0) is 17.6. The van der Waals surface area contributed by atoms with E-state index in [0.717, 1.165) is 42.0 Å². The average Bonchev–Trinajstić information content (AvgIpc) is 3.02. The largest absolute Gasteiger partial charge is 0.493 e. The molecule has 7 heteroatoms. The Bertz CT molecular complexity index is 587. The average molecular weight is 400 g/mol. The van der Waals surface area contributed by atoms with E-state index >= 15 is 0 Å². The lowest BCUT2D eigenvalue weighted by Gasteiger charge is -2.24. The standard InChI is InChI=1S/C17H26BrN3O3/c1-17(6-5-7-24-17)11-21-16(19-2)20-10-12-8-14(22-3)15(23-4)9-13(12)18/h8-9H,5-7,10-11H2,1-4H3,(H2,19,20,21). The summed E-state index contributed by atoms with van der Waals surface area (Å²) in [4.78, 5) is 4.27. The van der Waals surface area contributed by atoms with Crippen molar-refractivity contribution in [3.63, 3.8) is 0 Å². The van der Waals surface area contributed by atoms with Crippen LogP contribution in [0.2, 0.25) is 0 Å². The predicted octanol–water partition coefficient (Wildman–Crippen LogP) is 2.70. The van der Waals surface area contributed by atoms with Crippen molar-refractivity contribution in [2.45, 2.75) is 31.9 Å². The molecule has 0 saturated carbocycles. The van der Waals surface area contributed by atoms with Gasteiger partial charge in [0, 0.05) is 31.2 Å². The van der Waals surface area contributed by atoms with Crippen LogP contribution in [0.25, 0.3) is 0 Å². The first kappa shape index (κ1) is 18.9. The quantitative estimate of drug-likeness (QED) is 0.568.